The highest BCUT2D eigenvalue weighted by Gasteiger charge is 2.50. The minimum absolute atomic E-state index is 0.108. The summed E-state index contributed by atoms with van der Waals surface area (Å²) in [5.74, 6) is -1.07. The van der Waals surface area contributed by atoms with Crippen LogP contribution in [-0.2, 0) is 15.1 Å². The van der Waals surface area contributed by atoms with Crippen LogP contribution in [0.15, 0.2) is 36.4 Å². The zero-order valence-electron chi connectivity index (χ0n) is 17.9. The molecule has 1 atom stereocenters. The maximum absolute atomic E-state index is 13.2. The van der Waals surface area contributed by atoms with E-state index in [1.807, 2.05) is 32.0 Å². The van der Waals surface area contributed by atoms with Gasteiger partial charge in [-0.25, -0.2) is 4.79 Å². The Morgan fingerprint density at radius 1 is 1.16 bits per heavy atom. The number of aryl methyl sites for hydroxylation is 2. The number of anilines is 1. The molecule has 2 aromatic carbocycles. The Labute approximate surface area is 196 Å². The summed E-state index contributed by atoms with van der Waals surface area (Å²) in [4.78, 5) is 41.3. The molecule has 0 radical (unpaired) electrons. The third kappa shape index (κ3) is 4.43. The van der Waals surface area contributed by atoms with Gasteiger partial charge in [-0.2, -0.15) is 5.26 Å². The monoisotopic (exact) mass is 472 g/mol. The van der Waals surface area contributed by atoms with Gasteiger partial charge in [0, 0.05) is 27.8 Å². The normalized spacial score (nSPS) is 17.8. The number of hydrogen-bond acceptors (Lipinski definition) is 4. The van der Waals surface area contributed by atoms with Gasteiger partial charge in [0.2, 0.25) is 5.91 Å². The maximum atomic E-state index is 13.2. The van der Waals surface area contributed by atoms with Crippen LogP contribution in [0, 0.1) is 25.2 Å². The van der Waals surface area contributed by atoms with Crippen LogP contribution in [0.4, 0.5) is 10.5 Å². The van der Waals surface area contributed by atoms with Crippen LogP contribution in [0.5, 0.6) is 0 Å². The smallest absolute Gasteiger partial charge is 0.319 e. The molecule has 0 aromatic heterocycles. The van der Waals surface area contributed by atoms with Crippen LogP contribution in [0.25, 0.3) is 0 Å². The number of hydrogen-bond donors (Lipinski definition) is 1. The first-order valence-corrected chi connectivity index (χ1v) is 10.7. The Balaban J connectivity index is 1.87. The van der Waals surface area contributed by atoms with E-state index in [-0.39, 0.29) is 18.0 Å². The molecule has 1 aliphatic rings. The van der Waals surface area contributed by atoms with Gasteiger partial charge in [-0.05, 0) is 56.2 Å². The Morgan fingerprint density at radius 2 is 1.88 bits per heavy atom. The van der Waals surface area contributed by atoms with E-state index in [1.54, 1.807) is 18.2 Å². The predicted octanol–water partition coefficient (Wildman–Crippen LogP) is 4.32. The summed E-state index contributed by atoms with van der Waals surface area (Å²) < 4.78 is 0. The molecule has 1 fully saturated rings. The number of nitrogens with zero attached hydrogens (tertiary/aromatic N) is 3. The van der Waals surface area contributed by atoms with Crippen LogP contribution in [-0.4, -0.2) is 35.8 Å². The van der Waals surface area contributed by atoms with E-state index >= 15 is 0 Å². The second-order valence-corrected chi connectivity index (χ2v) is 8.64. The maximum Gasteiger partial charge on any atom is 0.325 e. The number of amides is 4. The van der Waals surface area contributed by atoms with E-state index in [1.165, 1.54) is 17.9 Å². The van der Waals surface area contributed by atoms with E-state index in [0.29, 0.717) is 16.3 Å². The minimum Gasteiger partial charge on any atom is -0.319 e. The number of nitriles is 1. The Morgan fingerprint density at radius 3 is 2.50 bits per heavy atom. The molecular weight excluding hydrogens is 451 g/mol. The second kappa shape index (κ2) is 9.19. The van der Waals surface area contributed by atoms with E-state index in [4.69, 9.17) is 28.5 Å². The molecule has 0 spiro atoms. The number of benzene rings is 2. The molecule has 1 heterocycles. The largest absolute Gasteiger partial charge is 0.325 e. The van der Waals surface area contributed by atoms with Crippen LogP contribution < -0.4 is 10.2 Å². The van der Waals surface area contributed by atoms with Gasteiger partial charge in [0.05, 0.1) is 12.5 Å². The van der Waals surface area contributed by atoms with Crippen molar-refractivity contribution in [1.82, 2.24) is 10.2 Å². The molecular formula is C23H22Cl2N4O3. The summed E-state index contributed by atoms with van der Waals surface area (Å²) in [5, 5.41) is 12.3. The average molecular weight is 473 g/mol. The predicted molar refractivity (Wildman–Crippen MR) is 123 cm³/mol. The molecule has 7 nitrogen and oxygen atoms in total. The van der Waals surface area contributed by atoms with Crippen molar-refractivity contribution in [2.45, 2.75) is 32.7 Å². The fraction of sp³-hybridized carbons (Fsp3) is 0.304. The molecule has 2 aromatic rings. The van der Waals surface area contributed by atoms with Crippen molar-refractivity contribution >= 4 is 46.7 Å². The van der Waals surface area contributed by atoms with E-state index < -0.39 is 29.9 Å². The quantitative estimate of drug-likeness (QED) is 0.633. The van der Waals surface area contributed by atoms with Gasteiger partial charge in [-0.15, -0.1) is 0 Å². The van der Waals surface area contributed by atoms with Gasteiger partial charge >= 0.3 is 6.03 Å². The second-order valence-electron chi connectivity index (χ2n) is 7.79. The van der Waals surface area contributed by atoms with Gasteiger partial charge in [0.15, 0.2) is 0 Å². The Bertz CT molecular complexity index is 1140. The molecule has 166 valence electrons. The summed E-state index contributed by atoms with van der Waals surface area (Å²) in [7, 11) is 0. The number of imide groups is 1. The molecule has 4 amide bonds. The lowest BCUT2D eigenvalue weighted by Crippen LogP contribution is -2.45. The molecule has 1 saturated heterocycles. The molecule has 1 N–H and O–H groups in total. The van der Waals surface area contributed by atoms with Gasteiger partial charge in [-0.1, -0.05) is 35.3 Å². The molecule has 1 aliphatic heterocycles. The number of nitrogens with one attached hydrogen (secondary N) is 1. The van der Waals surface area contributed by atoms with Gasteiger partial charge in [0.25, 0.3) is 5.91 Å². The van der Waals surface area contributed by atoms with Crippen molar-refractivity contribution in [3.63, 3.8) is 0 Å². The molecule has 0 aliphatic carbocycles. The van der Waals surface area contributed by atoms with Crippen molar-refractivity contribution < 1.29 is 14.4 Å². The fourth-order valence-electron chi connectivity index (χ4n) is 3.59. The Kier molecular flexibility index (Phi) is 6.77. The highest BCUT2D eigenvalue weighted by atomic mass is 35.5. The van der Waals surface area contributed by atoms with Crippen LogP contribution in [0.1, 0.15) is 30.0 Å². The lowest BCUT2D eigenvalue weighted by atomic mass is 9.92. The van der Waals surface area contributed by atoms with Crippen LogP contribution >= 0.6 is 23.2 Å². The van der Waals surface area contributed by atoms with Crippen LogP contribution in [0.2, 0.25) is 10.0 Å². The summed E-state index contributed by atoms with van der Waals surface area (Å²) in [6.07, 6.45) is 0.108. The highest BCUT2D eigenvalue weighted by Crippen LogP contribution is 2.35. The van der Waals surface area contributed by atoms with Gasteiger partial charge < -0.3 is 10.2 Å². The third-order valence-corrected chi connectivity index (χ3v) is 6.14. The van der Waals surface area contributed by atoms with Crippen molar-refractivity contribution in [1.29, 1.82) is 5.26 Å². The number of carbonyl (C=O) groups is 3. The van der Waals surface area contributed by atoms with Crippen LogP contribution in [0.3, 0.4) is 0 Å². The standard InChI is InChI=1S/C23H22Cl2N4O3/c1-14-5-7-17(11-15(14)2)28(10-4-9-26)20(30)13-29-21(31)23(3,27-22(29)32)18-8-6-16(24)12-19(18)25/h5-8,11-12H,4,10,13H2,1-3H3,(H,27,32). The van der Waals surface area contributed by atoms with Crippen molar-refractivity contribution in [2.24, 2.45) is 0 Å². The number of rotatable bonds is 6. The molecule has 3 rings (SSSR count). The first-order valence-electron chi connectivity index (χ1n) is 9.92. The lowest BCUT2D eigenvalue weighted by Gasteiger charge is -2.26. The molecule has 32 heavy (non-hydrogen) atoms. The topological polar surface area (TPSA) is 93.5 Å². The zero-order chi connectivity index (χ0) is 23.6. The van der Waals surface area contributed by atoms with Crippen molar-refractivity contribution in [3.05, 3.63) is 63.1 Å². The summed E-state index contributed by atoms with van der Waals surface area (Å²) in [5.41, 5.74) is 1.59. The first-order chi connectivity index (χ1) is 15.1. The minimum atomic E-state index is -1.43. The van der Waals surface area contributed by atoms with E-state index in [2.05, 4.69) is 5.32 Å². The highest BCUT2D eigenvalue weighted by molar-refractivity contribution is 6.35. The average Bonchev–Trinajstić information content (AvgIpc) is 2.94. The number of carbonyl (C=O) groups excluding carboxylic acids is 3. The molecule has 0 bridgehead atoms. The number of halogens is 2. The summed E-state index contributed by atoms with van der Waals surface area (Å²) in [6, 6.07) is 11.5. The van der Waals surface area contributed by atoms with Crippen molar-refractivity contribution in [2.75, 3.05) is 18.0 Å². The third-order valence-electron chi connectivity index (χ3n) is 5.59. The zero-order valence-corrected chi connectivity index (χ0v) is 19.4. The fourth-order valence-corrected chi connectivity index (χ4v) is 4.19. The van der Waals surface area contributed by atoms with Gasteiger partial charge in [0.1, 0.15) is 12.1 Å². The van der Waals surface area contributed by atoms with E-state index in [9.17, 15) is 14.4 Å². The summed E-state index contributed by atoms with van der Waals surface area (Å²) >= 11 is 12.2. The SMILES string of the molecule is Cc1ccc(N(CCC#N)C(=O)CN2C(=O)NC(C)(c3ccc(Cl)cc3Cl)C2=O)cc1C. The number of urea groups is 1. The van der Waals surface area contributed by atoms with Crippen molar-refractivity contribution in [3.8, 4) is 6.07 Å². The molecule has 9 heteroatoms. The lowest BCUT2D eigenvalue weighted by molar-refractivity contribution is -0.134. The molecule has 0 saturated carbocycles. The Hall–Kier alpha value is -3.08. The molecule has 1 unspecified atom stereocenters. The van der Waals surface area contributed by atoms with Gasteiger partial charge in [-0.3, -0.25) is 14.5 Å². The van der Waals surface area contributed by atoms with E-state index in [0.717, 1.165) is 16.0 Å². The first kappa shape index (κ1) is 23.6. The summed E-state index contributed by atoms with van der Waals surface area (Å²) in [6.45, 7) is 5.08.